The van der Waals surface area contributed by atoms with Crippen LogP contribution in [0.1, 0.15) is 91.9 Å². The summed E-state index contributed by atoms with van der Waals surface area (Å²) in [4.78, 5) is 22.9. The summed E-state index contributed by atoms with van der Waals surface area (Å²) in [6, 6.07) is 0. The average molecular weight is 453 g/mol. The number of esters is 1. The second-order valence-electron chi connectivity index (χ2n) is 10.9. The summed E-state index contributed by atoms with van der Waals surface area (Å²) in [5.74, 6) is -0.178. The molecule has 0 radical (unpaired) electrons. The lowest BCUT2D eigenvalue weighted by atomic mass is 10.0. The van der Waals surface area contributed by atoms with Crippen molar-refractivity contribution in [3.63, 3.8) is 0 Å². The fourth-order valence-electron chi connectivity index (χ4n) is 4.14. The van der Waals surface area contributed by atoms with Crippen LogP contribution in [0.25, 0.3) is 0 Å². The minimum absolute atomic E-state index is 0.0807. The van der Waals surface area contributed by atoms with Crippen molar-refractivity contribution in [3.05, 3.63) is 11.6 Å². The molecule has 0 aliphatic carbocycles. The summed E-state index contributed by atoms with van der Waals surface area (Å²) < 4.78 is 17.7. The monoisotopic (exact) mass is 452 g/mol. The molecule has 2 rings (SSSR count). The molecule has 0 aromatic carbocycles. The molecule has 0 N–H and O–H groups in total. The summed E-state index contributed by atoms with van der Waals surface area (Å²) in [5.41, 5.74) is 0.779. The molecule has 1 fully saturated rings. The number of hydrogen-bond donors (Lipinski definition) is 0. The lowest BCUT2D eigenvalue weighted by molar-refractivity contribution is -0.139. The van der Waals surface area contributed by atoms with E-state index in [4.69, 9.17) is 13.9 Å². The topological polar surface area (TPSA) is 61.8 Å². The zero-order valence-electron chi connectivity index (χ0n) is 20.6. The Morgan fingerprint density at radius 2 is 1.84 bits per heavy atom. The molecule has 0 saturated carbocycles. The van der Waals surface area contributed by atoms with Crippen molar-refractivity contribution in [1.82, 2.24) is 0 Å². The Hall–Kier alpha value is -0.983. The predicted molar refractivity (Wildman–Crippen MR) is 127 cm³/mol. The average Bonchev–Trinajstić information content (AvgIpc) is 3.25. The van der Waals surface area contributed by atoms with Gasteiger partial charge in [0.15, 0.2) is 8.32 Å². The number of carbonyl (C=O) groups is 2. The Morgan fingerprint density at radius 1 is 1.16 bits per heavy atom. The summed E-state index contributed by atoms with van der Waals surface area (Å²) in [5, 5.41) is 0.147. The summed E-state index contributed by atoms with van der Waals surface area (Å²) in [7, 11) is -1.90. The van der Waals surface area contributed by atoms with Gasteiger partial charge in [0.1, 0.15) is 18.5 Å². The van der Waals surface area contributed by atoms with Crippen LogP contribution in [0.15, 0.2) is 11.6 Å². The van der Waals surface area contributed by atoms with E-state index in [1.54, 1.807) is 0 Å². The van der Waals surface area contributed by atoms with Crippen molar-refractivity contribution in [2.24, 2.45) is 0 Å². The van der Waals surface area contributed by atoms with Crippen LogP contribution in [0.4, 0.5) is 0 Å². The highest BCUT2D eigenvalue weighted by molar-refractivity contribution is 6.74. The van der Waals surface area contributed by atoms with Gasteiger partial charge in [0.05, 0.1) is 6.10 Å². The Kier molecular flexibility index (Phi) is 9.96. The Balaban J connectivity index is 1.74. The number of ether oxygens (including phenoxy) is 2. The maximum absolute atomic E-state index is 12.1. The molecular weight excluding hydrogens is 408 g/mol. The van der Waals surface area contributed by atoms with Gasteiger partial charge in [-0.25, -0.2) is 4.79 Å². The number of rotatable bonds is 13. The van der Waals surface area contributed by atoms with E-state index >= 15 is 0 Å². The quantitative estimate of drug-likeness (QED) is 0.146. The summed E-state index contributed by atoms with van der Waals surface area (Å²) in [6.07, 6.45) is 13.4. The van der Waals surface area contributed by atoms with Crippen molar-refractivity contribution in [2.75, 3.05) is 0 Å². The van der Waals surface area contributed by atoms with E-state index < -0.39 is 8.32 Å². The van der Waals surface area contributed by atoms with E-state index in [2.05, 4.69) is 33.9 Å². The van der Waals surface area contributed by atoms with Crippen LogP contribution in [0.3, 0.4) is 0 Å². The molecule has 0 bridgehead atoms. The van der Waals surface area contributed by atoms with Crippen LogP contribution in [0, 0.1) is 0 Å². The highest BCUT2D eigenvalue weighted by Gasteiger charge is 2.39. The van der Waals surface area contributed by atoms with Crippen LogP contribution in [0.2, 0.25) is 18.1 Å². The number of unbranched alkanes of at least 4 members (excludes halogenated alkanes) is 4. The molecule has 2 aliphatic rings. The van der Waals surface area contributed by atoms with Crippen LogP contribution < -0.4 is 0 Å². The van der Waals surface area contributed by atoms with Gasteiger partial charge in [-0.1, -0.05) is 52.9 Å². The second kappa shape index (κ2) is 11.8. The molecule has 5 nitrogen and oxygen atoms in total. The zero-order valence-corrected chi connectivity index (χ0v) is 21.6. The van der Waals surface area contributed by atoms with E-state index in [9.17, 15) is 9.59 Å². The van der Waals surface area contributed by atoms with E-state index in [1.807, 2.05) is 13.0 Å². The van der Waals surface area contributed by atoms with Gasteiger partial charge < -0.3 is 18.7 Å². The van der Waals surface area contributed by atoms with Crippen LogP contribution in [-0.2, 0) is 23.5 Å². The van der Waals surface area contributed by atoms with Gasteiger partial charge in [0, 0.05) is 18.1 Å². The van der Waals surface area contributed by atoms with Gasteiger partial charge in [-0.2, -0.15) is 0 Å². The van der Waals surface area contributed by atoms with Gasteiger partial charge in [-0.15, -0.1) is 0 Å². The number of aldehydes is 1. The second-order valence-corrected chi connectivity index (χ2v) is 15.6. The SMILES string of the molecule is C[C@H]1C=C(C[C@@H](CCCCCCC[C@@H]2CC[C@@H](C=O)O2)O[Si](C)(C)C(C)(C)C)C(=O)O1. The molecule has 0 amide bonds. The first-order valence-corrected chi connectivity index (χ1v) is 15.1. The first kappa shape index (κ1) is 26.3. The molecule has 31 heavy (non-hydrogen) atoms. The lowest BCUT2D eigenvalue weighted by Crippen LogP contribution is -2.44. The minimum Gasteiger partial charge on any atom is -0.455 e. The first-order valence-electron chi connectivity index (χ1n) is 12.2. The maximum atomic E-state index is 12.1. The molecule has 0 aromatic rings. The van der Waals surface area contributed by atoms with Crippen molar-refractivity contribution < 1.29 is 23.5 Å². The van der Waals surface area contributed by atoms with E-state index in [0.717, 1.165) is 50.4 Å². The molecule has 0 unspecified atom stereocenters. The number of carbonyl (C=O) groups excluding carboxylic acids is 2. The number of cyclic esters (lactones) is 1. The Morgan fingerprint density at radius 3 is 2.42 bits per heavy atom. The van der Waals surface area contributed by atoms with Crippen molar-refractivity contribution in [1.29, 1.82) is 0 Å². The molecule has 2 heterocycles. The highest BCUT2D eigenvalue weighted by atomic mass is 28.4. The third-order valence-electron chi connectivity index (χ3n) is 7.05. The number of hydrogen-bond acceptors (Lipinski definition) is 5. The smallest absolute Gasteiger partial charge is 0.334 e. The minimum atomic E-state index is -1.90. The normalized spacial score (nSPS) is 25.4. The van der Waals surface area contributed by atoms with Gasteiger partial charge in [-0.05, 0) is 56.8 Å². The van der Waals surface area contributed by atoms with E-state index in [1.165, 1.54) is 19.3 Å². The van der Waals surface area contributed by atoms with Gasteiger partial charge in [0.2, 0.25) is 0 Å². The largest absolute Gasteiger partial charge is 0.455 e. The molecule has 178 valence electrons. The Bertz CT molecular complexity index is 622. The third kappa shape index (κ3) is 8.47. The van der Waals surface area contributed by atoms with Crippen molar-refractivity contribution in [3.8, 4) is 0 Å². The Labute approximate surface area is 190 Å². The molecule has 2 aliphatic heterocycles. The zero-order chi connectivity index (χ0) is 23.1. The van der Waals surface area contributed by atoms with Gasteiger partial charge >= 0.3 is 5.97 Å². The van der Waals surface area contributed by atoms with E-state index in [-0.39, 0.29) is 35.4 Å². The lowest BCUT2D eigenvalue weighted by Gasteiger charge is -2.39. The van der Waals surface area contributed by atoms with E-state index in [0.29, 0.717) is 6.42 Å². The van der Waals surface area contributed by atoms with Crippen LogP contribution in [-0.4, -0.2) is 45.0 Å². The molecule has 4 atom stereocenters. The third-order valence-corrected chi connectivity index (χ3v) is 11.6. The van der Waals surface area contributed by atoms with Crippen LogP contribution in [0.5, 0.6) is 0 Å². The maximum Gasteiger partial charge on any atom is 0.334 e. The standard InChI is InChI=1S/C25H44O5Si/c1-19-16-20(24(27)28-19)17-22(30-31(5,6)25(2,3)4)13-11-9-7-8-10-12-21-14-15-23(18-26)29-21/h16,18-19,21-23H,7-15,17H2,1-6H3/t19-,21+,22+,23-/m0/s1. The molecule has 1 saturated heterocycles. The summed E-state index contributed by atoms with van der Waals surface area (Å²) in [6.45, 7) is 13.2. The van der Waals surface area contributed by atoms with Crippen LogP contribution >= 0.6 is 0 Å². The molecular formula is C25H44O5Si. The fraction of sp³-hybridized carbons (Fsp3) is 0.840. The van der Waals surface area contributed by atoms with Crippen molar-refractivity contribution in [2.45, 2.75) is 134 Å². The fourth-order valence-corrected chi connectivity index (χ4v) is 5.53. The predicted octanol–water partition coefficient (Wildman–Crippen LogP) is 6.12. The van der Waals surface area contributed by atoms with Gasteiger partial charge in [0.25, 0.3) is 0 Å². The summed E-state index contributed by atoms with van der Waals surface area (Å²) >= 11 is 0. The highest BCUT2D eigenvalue weighted by Crippen LogP contribution is 2.39. The molecule has 6 heteroatoms. The first-order chi connectivity index (χ1) is 14.5. The molecule has 0 spiro atoms. The van der Waals surface area contributed by atoms with Crippen molar-refractivity contribution >= 4 is 20.6 Å². The molecule has 0 aromatic heterocycles. The van der Waals surface area contributed by atoms with Gasteiger partial charge in [-0.3, -0.25) is 0 Å².